The Labute approximate surface area is 145 Å². The molecule has 0 aliphatic rings. The summed E-state index contributed by atoms with van der Waals surface area (Å²) in [5, 5.41) is 0.891. The second-order valence-corrected chi connectivity index (χ2v) is 6.62. The van der Waals surface area contributed by atoms with E-state index < -0.39 is 0 Å². The molecule has 24 heavy (non-hydrogen) atoms. The molecule has 122 valence electrons. The van der Waals surface area contributed by atoms with E-state index in [-0.39, 0.29) is 5.91 Å². The van der Waals surface area contributed by atoms with Crippen LogP contribution < -0.4 is 0 Å². The monoisotopic (exact) mass is 337 g/mol. The highest BCUT2D eigenvalue weighted by Crippen LogP contribution is 2.24. The number of nitrogens with one attached hydrogen (secondary N) is 1. The molecule has 0 bridgehead atoms. The summed E-state index contributed by atoms with van der Waals surface area (Å²) in [5.41, 5.74) is 4.01. The third-order valence-corrected chi connectivity index (χ3v) is 4.58. The number of aromatic nitrogens is 2. The minimum Gasteiger partial charge on any atom is -0.345 e. The van der Waals surface area contributed by atoms with E-state index in [2.05, 4.69) is 22.1 Å². The van der Waals surface area contributed by atoms with Crippen molar-refractivity contribution in [2.24, 2.45) is 0 Å². The topological polar surface area (TPSA) is 49.0 Å². The quantitative estimate of drug-likeness (QED) is 0.714. The molecule has 2 aromatic carbocycles. The Morgan fingerprint density at radius 2 is 1.79 bits per heavy atom. The molecule has 0 aliphatic carbocycles. The van der Waals surface area contributed by atoms with Crippen LogP contribution in [-0.4, -0.2) is 34.9 Å². The number of rotatable bonds is 5. The molecule has 0 atom stereocenters. The number of amides is 1. The number of hydrogen-bond donors (Lipinski definition) is 1. The number of nitrogens with zero attached hydrogens (tertiary/aromatic N) is 2. The van der Waals surface area contributed by atoms with E-state index in [4.69, 9.17) is 0 Å². The van der Waals surface area contributed by atoms with E-state index >= 15 is 0 Å². The van der Waals surface area contributed by atoms with Gasteiger partial charge in [-0.15, -0.1) is 0 Å². The van der Waals surface area contributed by atoms with Crippen molar-refractivity contribution >= 4 is 17.7 Å². The van der Waals surface area contributed by atoms with E-state index in [0.29, 0.717) is 5.56 Å². The minimum absolute atomic E-state index is 0.0211. The smallest absolute Gasteiger partial charge is 0.253 e. The molecule has 1 heterocycles. The Balaban J connectivity index is 1.62. The summed E-state index contributed by atoms with van der Waals surface area (Å²) in [6, 6.07) is 17.9. The van der Waals surface area contributed by atoms with Crippen molar-refractivity contribution in [3.63, 3.8) is 0 Å². The lowest BCUT2D eigenvalue weighted by molar-refractivity contribution is 0.0827. The molecule has 3 aromatic rings. The predicted molar refractivity (Wildman–Crippen MR) is 98.0 cm³/mol. The number of aromatic amines is 1. The molecule has 0 spiro atoms. The average Bonchev–Trinajstić information content (AvgIpc) is 3.09. The van der Waals surface area contributed by atoms with Gasteiger partial charge < -0.3 is 9.88 Å². The second kappa shape index (κ2) is 7.36. The van der Waals surface area contributed by atoms with Crippen LogP contribution in [0, 0.1) is 0 Å². The van der Waals surface area contributed by atoms with Crippen LogP contribution in [0.4, 0.5) is 0 Å². The first-order chi connectivity index (χ1) is 11.6. The van der Waals surface area contributed by atoms with Crippen LogP contribution in [-0.2, 0) is 5.75 Å². The zero-order valence-electron chi connectivity index (χ0n) is 13.7. The molecule has 0 fully saturated rings. The molecule has 1 N–H and O–H groups in total. The van der Waals surface area contributed by atoms with Gasteiger partial charge in [-0.2, -0.15) is 0 Å². The van der Waals surface area contributed by atoms with Crippen LogP contribution >= 0.6 is 11.8 Å². The standard InChI is InChI=1S/C19H19N3OS/c1-22(2)18(23)16-10-8-14(9-11-16)13-24-19-20-12-17(21-19)15-6-4-3-5-7-15/h3-12H,13H2,1-2H3,(H,20,21). The number of benzene rings is 2. The lowest BCUT2D eigenvalue weighted by atomic mass is 10.1. The second-order valence-electron chi connectivity index (χ2n) is 5.65. The van der Waals surface area contributed by atoms with Gasteiger partial charge in [0.25, 0.3) is 5.91 Å². The molecule has 5 heteroatoms. The fourth-order valence-electron chi connectivity index (χ4n) is 2.29. The summed E-state index contributed by atoms with van der Waals surface area (Å²) in [6.07, 6.45) is 1.86. The fourth-order valence-corrected chi connectivity index (χ4v) is 3.10. The number of thioether (sulfide) groups is 1. The van der Waals surface area contributed by atoms with Gasteiger partial charge in [0.1, 0.15) is 0 Å². The molecular weight excluding hydrogens is 318 g/mol. The molecule has 4 nitrogen and oxygen atoms in total. The SMILES string of the molecule is CN(C)C(=O)c1ccc(CSc2ncc(-c3ccccc3)[nH]2)cc1. The number of carbonyl (C=O) groups excluding carboxylic acids is 1. The van der Waals surface area contributed by atoms with E-state index in [9.17, 15) is 4.79 Å². The molecule has 3 rings (SSSR count). The first-order valence-electron chi connectivity index (χ1n) is 7.67. The highest BCUT2D eigenvalue weighted by atomic mass is 32.2. The maximum atomic E-state index is 11.9. The molecule has 0 saturated heterocycles. The lowest BCUT2D eigenvalue weighted by Gasteiger charge is -2.10. The van der Waals surface area contributed by atoms with Gasteiger partial charge in [0.05, 0.1) is 11.9 Å². The Morgan fingerprint density at radius 3 is 2.46 bits per heavy atom. The van der Waals surface area contributed by atoms with Crippen molar-refractivity contribution in [3.8, 4) is 11.3 Å². The first kappa shape index (κ1) is 16.3. The minimum atomic E-state index is 0.0211. The van der Waals surface area contributed by atoms with Gasteiger partial charge in [-0.25, -0.2) is 4.98 Å². The summed E-state index contributed by atoms with van der Waals surface area (Å²) < 4.78 is 0. The highest BCUT2D eigenvalue weighted by Gasteiger charge is 2.08. The summed E-state index contributed by atoms with van der Waals surface area (Å²) >= 11 is 1.65. The molecule has 0 radical (unpaired) electrons. The lowest BCUT2D eigenvalue weighted by Crippen LogP contribution is -2.21. The summed E-state index contributed by atoms with van der Waals surface area (Å²) in [5.74, 6) is 0.825. The first-order valence-corrected chi connectivity index (χ1v) is 8.66. The van der Waals surface area contributed by atoms with Crippen molar-refractivity contribution in [3.05, 3.63) is 71.9 Å². The predicted octanol–water partition coefficient (Wildman–Crippen LogP) is 4.07. The third kappa shape index (κ3) is 3.86. The third-order valence-electron chi connectivity index (χ3n) is 3.62. The molecule has 1 aromatic heterocycles. The van der Waals surface area contributed by atoms with E-state index in [1.807, 2.05) is 48.7 Å². The molecule has 0 aliphatic heterocycles. The van der Waals surface area contributed by atoms with Crippen LogP contribution in [0.25, 0.3) is 11.3 Å². The highest BCUT2D eigenvalue weighted by molar-refractivity contribution is 7.98. The van der Waals surface area contributed by atoms with Gasteiger partial charge in [0, 0.05) is 25.4 Å². The van der Waals surface area contributed by atoms with Crippen LogP contribution in [0.1, 0.15) is 15.9 Å². The molecule has 0 unspecified atom stereocenters. The Hall–Kier alpha value is -2.53. The summed E-state index contributed by atoms with van der Waals surface area (Å²) in [7, 11) is 3.51. The average molecular weight is 337 g/mol. The normalized spacial score (nSPS) is 10.6. The van der Waals surface area contributed by atoms with E-state index in [0.717, 1.165) is 27.7 Å². The van der Waals surface area contributed by atoms with Crippen LogP contribution in [0.5, 0.6) is 0 Å². The van der Waals surface area contributed by atoms with Crippen molar-refractivity contribution < 1.29 is 4.79 Å². The maximum absolute atomic E-state index is 11.9. The zero-order valence-corrected chi connectivity index (χ0v) is 14.5. The van der Waals surface area contributed by atoms with Gasteiger partial charge in [0.15, 0.2) is 5.16 Å². The van der Waals surface area contributed by atoms with Gasteiger partial charge >= 0.3 is 0 Å². The van der Waals surface area contributed by atoms with Crippen LogP contribution in [0.2, 0.25) is 0 Å². The van der Waals surface area contributed by atoms with Gasteiger partial charge in [0.2, 0.25) is 0 Å². The number of hydrogen-bond acceptors (Lipinski definition) is 3. The molecule has 1 amide bonds. The van der Waals surface area contributed by atoms with E-state index in [1.165, 1.54) is 0 Å². The van der Waals surface area contributed by atoms with Gasteiger partial charge in [-0.1, -0.05) is 54.2 Å². The maximum Gasteiger partial charge on any atom is 0.253 e. The van der Waals surface area contributed by atoms with Crippen LogP contribution in [0.15, 0.2) is 66.0 Å². The van der Waals surface area contributed by atoms with E-state index in [1.54, 1.807) is 30.8 Å². The van der Waals surface area contributed by atoms with Crippen molar-refractivity contribution in [1.82, 2.24) is 14.9 Å². The van der Waals surface area contributed by atoms with Crippen molar-refractivity contribution in [1.29, 1.82) is 0 Å². The number of carbonyl (C=O) groups is 1. The van der Waals surface area contributed by atoms with Crippen molar-refractivity contribution in [2.45, 2.75) is 10.9 Å². The van der Waals surface area contributed by atoms with Gasteiger partial charge in [-0.05, 0) is 23.3 Å². The Bertz CT molecular complexity index is 810. The van der Waals surface area contributed by atoms with Crippen molar-refractivity contribution in [2.75, 3.05) is 14.1 Å². The summed E-state index contributed by atoms with van der Waals surface area (Å²) in [6.45, 7) is 0. The largest absolute Gasteiger partial charge is 0.345 e. The fraction of sp³-hybridized carbons (Fsp3) is 0.158. The number of H-pyrrole nitrogens is 1. The van der Waals surface area contributed by atoms with Crippen LogP contribution in [0.3, 0.4) is 0 Å². The number of imidazole rings is 1. The zero-order chi connectivity index (χ0) is 16.9. The Morgan fingerprint density at radius 1 is 1.08 bits per heavy atom. The summed E-state index contributed by atoms with van der Waals surface area (Å²) in [4.78, 5) is 21.2. The molecule has 0 saturated carbocycles. The Kier molecular flexibility index (Phi) is 5.01. The van der Waals surface area contributed by atoms with Gasteiger partial charge in [-0.3, -0.25) is 4.79 Å². The molecular formula is C19H19N3OS.